The van der Waals surface area contributed by atoms with E-state index in [1.807, 2.05) is 4.72 Å². The summed E-state index contributed by atoms with van der Waals surface area (Å²) in [7, 11) is -3.74. The van der Waals surface area contributed by atoms with Crippen molar-refractivity contribution >= 4 is 15.9 Å². The van der Waals surface area contributed by atoms with E-state index in [1.165, 1.54) is 31.4 Å². The summed E-state index contributed by atoms with van der Waals surface area (Å²) in [5.74, 6) is 0.377. The van der Waals surface area contributed by atoms with Crippen LogP contribution in [-0.2, 0) is 10.0 Å². The van der Waals surface area contributed by atoms with Crippen molar-refractivity contribution in [1.29, 1.82) is 0 Å². The maximum Gasteiger partial charge on any atom is 0.267 e. The maximum atomic E-state index is 14.5. The Bertz CT molecular complexity index is 819. The van der Waals surface area contributed by atoms with Crippen LogP contribution in [0, 0.1) is 17.7 Å². The van der Waals surface area contributed by atoms with Crippen LogP contribution in [0.2, 0.25) is 0 Å². The van der Waals surface area contributed by atoms with Crippen LogP contribution in [0.4, 0.5) is 4.39 Å². The lowest BCUT2D eigenvalue weighted by atomic mass is 9.97. The summed E-state index contributed by atoms with van der Waals surface area (Å²) < 4.78 is 45.0. The minimum atomic E-state index is -3.74. The standard InChI is InChI=1S/C18H22FNO4S/c1-25(22,23)20-18(21)14-8-13(11-4-5-11)17(9-15(14)19)24-16-7-10-2-3-12(16)6-10/h8-12,16H,2-7H2,1H3,(H,20,21)/t10-,12+,16+/m1/s1. The third-order valence-electron chi connectivity index (χ3n) is 5.59. The van der Waals surface area contributed by atoms with Gasteiger partial charge in [-0.05, 0) is 67.9 Å². The Labute approximate surface area is 147 Å². The number of benzene rings is 1. The normalized spacial score (nSPS) is 28.2. The van der Waals surface area contributed by atoms with Crippen molar-refractivity contribution in [3.8, 4) is 5.75 Å². The van der Waals surface area contributed by atoms with Gasteiger partial charge in [0.2, 0.25) is 10.0 Å². The summed E-state index contributed by atoms with van der Waals surface area (Å²) in [5, 5.41) is 0. The molecule has 3 saturated carbocycles. The average molecular weight is 367 g/mol. The smallest absolute Gasteiger partial charge is 0.267 e. The van der Waals surface area contributed by atoms with Crippen molar-refractivity contribution in [2.45, 2.75) is 50.5 Å². The lowest BCUT2D eigenvalue weighted by Crippen LogP contribution is -2.30. The van der Waals surface area contributed by atoms with Crippen molar-refractivity contribution in [2.24, 2.45) is 11.8 Å². The number of carbonyl (C=O) groups is 1. The predicted octanol–water partition coefficient (Wildman–Crippen LogP) is 2.96. The molecular weight excluding hydrogens is 345 g/mol. The first-order chi connectivity index (χ1) is 11.8. The summed E-state index contributed by atoms with van der Waals surface area (Å²) >= 11 is 0. The Kier molecular flexibility index (Phi) is 4.02. The van der Waals surface area contributed by atoms with E-state index < -0.39 is 21.7 Å². The van der Waals surface area contributed by atoms with Gasteiger partial charge in [-0.25, -0.2) is 17.5 Å². The van der Waals surface area contributed by atoms with Gasteiger partial charge in [-0.2, -0.15) is 0 Å². The molecule has 1 N–H and O–H groups in total. The van der Waals surface area contributed by atoms with Gasteiger partial charge in [-0.1, -0.05) is 0 Å². The number of halogens is 1. The molecule has 2 bridgehead atoms. The molecule has 1 aromatic rings. The molecule has 5 nitrogen and oxygen atoms in total. The van der Waals surface area contributed by atoms with E-state index in [0.717, 1.165) is 37.0 Å². The first-order valence-corrected chi connectivity index (χ1v) is 10.7. The number of sulfonamides is 1. The molecule has 0 saturated heterocycles. The van der Waals surface area contributed by atoms with Crippen molar-refractivity contribution in [1.82, 2.24) is 4.72 Å². The van der Waals surface area contributed by atoms with Gasteiger partial charge in [0.1, 0.15) is 17.7 Å². The van der Waals surface area contributed by atoms with E-state index in [9.17, 15) is 17.6 Å². The molecule has 3 atom stereocenters. The van der Waals surface area contributed by atoms with E-state index in [4.69, 9.17) is 4.74 Å². The zero-order chi connectivity index (χ0) is 17.8. The number of ether oxygens (including phenoxy) is 1. The van der Waals surface area contributed by atoms with E-state index in [2.05, 4.69) is 0 Å². The summed E-state index contributed by atoms with van der Waals surface area (Å²) in [5.41, 5.74) is 0.579. The van der Waals surface area contributed by atoms with Crippen LogP contribution in [-0.4, -0.2) is 26.7 Å². The summed E-state index contributed by atoms with van der Waals surface area (Å²) in [4.78, 5) is 12.1. The molecule has 3 fully saturated rings. The van der Waals surface area contributed by atoms with Crippen molar-refractivity contribution < 1.29 is 22.3 Å². The lowest BCUT2D eigenvalue weighted by Gasteiger charge is -2.25. The molecule has 3 aliphatic carbocycles. The molecule has 3 aliphatic rings. The highest BCUT2D eigenvalue weighted by molar-refractivity contribution is 7.89. The highest BCUT2D eigenvalue weighted by Crippen LogP contribution is 2.49. The highest BCUT2D eigenvalue weighted by Gasteiger charge is 2.41. The Balaban J connectivity index is 1.61. The van der Waals surface area contributed by atoms with Crippen LogP contribution in [0.5, 0.6) is 5.75 Å². The first kappa shape index (κ1) is 16.8. The summed E-state index contributed by atoms with van der Waals surface area (Å²) in [6.45, 7) is 0. The van der Waals surface area contributed by atoms with Crippen molar-refractivity contribution in [3.63, 3.8) is 0 Å². The number of amides is 1. The van der Waals surface area contributed by atoms with Crippen molar-refractivity contribution in [3.05, 3.63) is 29.1 Å². The highest BCUT2D eigenvalue weighted by atomic mass is 32.2. The quantitative estimate of drug-likeness (QED) is 0.868. The van der Waals surface area contributed by atoms with E-state index in [0.29, 0.717) is 11.7 Å². The second-order valence-corrected chi connectivity index (χ2v) is 9.43. The molecule has 7 heteroatoms. The van der Waals surface area contributed by atoms with Crippen LogP contribution in [0.3, 0.4) is 0 Å². The van der Waals surface area contributed by atoms with Crippen LogP contribution in [0.15, 0.2) is 12.1 Å². The molecule has 1 amide bonds. The minimum absolute atomic E-state index is 0.131. The third-order valence-corrected chi connectivity index (χ3v) is 6.15. The van der Waals surface area contributed by atoms with E-state index in [-0.39, 0.29) is 17.6 Å². The Morgan fingerprint density at radius 3 is 2.52 bits per heavy atom. The van der Waals surface area contributed by atoms with Gasteiger partial charge in [-0.15, -0.1) is 0 Å². The summed E-state index contributed by atoms with van der Waals surface area (Å²) in [6, 6.07) is 2.73. The average Bonchev–Trinajstić information content (AvgIpc) is 3.13. The fraction of sp³-hybridized carbons (Fsp3) is 0.611. The fourth-order valence-electron chi connectivity index (χ4n) is 4.28. The molecule has 0 unspecified atom stereocenters. The number of rotatable bonds is 5. The molecule has 0 spiro atoms. The molecule has 25 heavy (non-hydrogen) atoms. The second-order valence-electron chi connectivity index (χ2n) is 7.68. The lowest BCUT2D eigenvalue weighted by molar-refractivity contribution is 0.0977. The monoisotopic (exact) mass is 367 g/mol. The molecule has 0 heterocycles. The largest absolute Gasteiger partial charge is 0.490 e. The molecule has 1 aromatic carbocycles. The Morgan fingerprint density at radius 1 is 1.20 bits per heavy atom. The van der Waals surface area contributed by atoms with Gasteiger partial charge in [0, 0.05) is 6.07 Å². The minimum Gasteiger partial charge on any atom is -0.490 e. The number of hydrogen-bond donors (Lipinski definition) is 1. The van der Waals surface area contributed by atoms with Crippen LogP contribution in [0.1, 0.15) is 60.4 Å². The van der Waals surface area contributed by atoms with Gasteiger partial charge in [0.05, 0.1) is 11.8 Å². The molecule has 4 rings (SSSR count). The number of fused-ring (bicyclic) bond motifs is 2. The Morgan fingerprint density at radius 2 is 1.96 bits per heavy atom. The molecule has 0 aromatic heterocycles. The van der Waals surface area contributed by atoms with Crippen molar-refractivity contribution in [2.75, 3.05) is 6.26 Å². The van der Waals surface area contributed by atoms with E-state index >= 15 is 0 Å². The molecular formula is C18H22FNO4S. The predicted molar refractivity (Wildman–Crippen MR) is 90.5 cm³/mol. The number of nitrogens with one attached hydrogen (secondary N) is 1. The third kappa shape index (κ3) is 3.52. The first-order valence-electron chi connectivity index (χ1n) is 8.82. The number of carbonyl (C=O) groups excluding carboxylic acids is 1. The zero-order valence-electron chi connectivity index (χ0n) is 14.1. The van der Waals surface area contributed by atoms with Gasteiger partial charge in [0.25, 0.3) is 5.91 Å². The van der Waals surface area contributed by atoms with Crippen LogP contribution in [0.25, 0.3) is 0 Å². The van der Waals surface area contributed by atoms with Crippen LogP contribution >= 0.6 is 0 Å². The second kappa shape index (κ2) is 5.97. The SMILES string of the molecule is CS(=O)(=O)NC(=O)c1cc(C2CC2)c(O[C@H]2C[C@@H]3CC[C@H]2C3)cc1F. The Hall–Kier alpha value is -1.63. The van der Waals surface area contributed by atoms with Gasteiger partial charge < -0.3 is 4.74 Å². The fourth-order valence-corrected chi connectivity index (χ4v) is 4.73. The number of hydrogen-bond acceptors (Lipinski definition) is 4. The molecule has 0 aliphatic heterocycles. The van der Waals surface area contributed by atoms with Gasteiger partial charge >= 0.3 is 0 Å². The topological polar surface area (TPSA) is 72.5 Å². The van der Waals surface area contributed by atoms with Crippen LogP contribution < -0.4 is 9.46 Å². The van der Waals surface area contributed by atoms with E-state index in [1.54, 1.807) is 0 Å². The molecule has 0 radical (unpaired) electrons. The van der Waals surface area contributed by atoms with Gasteiger partial charge in [-0.3, -0.25) is 4.79 Å². The molecule has 136 valence electrons. The zero-order valence-corrected chi connectivity index (χ0v) is 14.9. The summed E-state index contributed by atoms with van der Waals surface area (Å²) in [6.07, 6.45) is 7.61. The maximum absolute atomic E-state index is 14.5. The van der Waals surface area contributed by atoms with Gasteiger partial charge in [0.15, 0.2) is 0 Å².